The summed E-state index contributed by atoms with van der Waals surface area (Å²) in [5, 5.41) is 9.10. The van der Waals surface area contributed by atoms with Gasteiger partial charge in [0.05, 0.1) is 0 Å². The average molecular weight is 226 g/mol. The lowest BCUT2D eigenvalue weighted by molar-refractivity contribution is -0.143. The molecule has 1 saturated heterocycles. The molecule has 2 fully saturated rings. The molecule has 0 radical (unpaired) electrons. The Morgan fingerprint density at radius 2 is 2.25 bits per heavy atom. The topological polar surface area (TPSA) is 66.6 Å². The van der Waals surface area contributed by atoms with Crippen molar-refractivity contribution in [3.8, 4) is 0 Å². The first kappa shape index (κ1) is 11.9. The molecule has 1 heterocycles. The van der Waals surface area contributed by atoms with Gasteiger partial charge in [-0.05, 0) is 44.6 Å². The summed E-state index contributed by atoms with van der Waals surface area (Å²) in [6, 6.07) is 0.392. The van der Waals surface area contributed by atoms with Crippen LogP contribution in [0.4, 0.5) is 0 Å². The fourth-order valence-electron chi connectivity index (χ4n) is 3.11. The maximum atomic E-state index is 11.1. The molecule has 4 heteroatoms. The van der Waals surface area contributed by atoms with Gasteiger partial charge in [-0.2, -0.15) is 0 Å². The van der Waals surface area contributed by atoms with Crippen LogP contribution in [-0.4, -0.2) is 40.6 Å². The maximum absolute atomic E-state index is 11.1. The molecule has 16 heavy (non-hydrogen) atoms. The summed E-state index contributed by atoms with van der Waals surface area (Å²) in [4.78, 5) is 13.5. The molecule has 0 amide bonds. The third kappa shape index (κ3) is 2.23. The monoisotopic (exact) mass is 226 g/mol. The number of carbonyl (C=O) groups is 1. The minimum absolute atomic E-state index is 0.392. The molecule has 0 aromatic rings. The van der Waals surface area contributed by atoms with Crippen molar-refractivity contribution in [3.05, 3.63) is 0 Å². The molecule has 2 aliphatic rings. The number of carboxylic acids is 1. The zero-order valence-corrected chi connectivity index (χ0v) is 9.98. The van der Waals surface area contributed by atoms with Crippen molar-refractivity contribution in [2.45, 2.75) is 50.6 Å². The van der Waals surface area contributed by atoms with E-state index in [0.717, 1.165) is 25.4 Å². The Bertz CT molecular complexity index is 282. The number of piperidine rings is 1. The fourth-order valence-corrected chi connectivity index (χ4v) is 3.11. The summed E-state index contributed by atoms with van der Waals surface area (Å²) in [6.45, 7) is 4.50. The van der Waals surface area contributed by atoms with Crippen molar-refractivity contribution in [3.63, 3.8) is 0 Å². The molecule has 0 aromatic carbocycles. The highest BCUT2D eigenvalue weighted by atomic mass is 16.4. The molecule has 92 valence electrons. The van der Waals surface area contributed by atoms with Crippen molar-refractivity contribution in [2.75, 3.05) is 13.1 Å². The molecule has 3 atom stereocenters. The van der Waals surface area contributed by atoms with Crippen LogP contribution in [0.25, 0.3) is 0 Å². The van der Waals surface area contributed by atoms with Gasteiger partial charge in [0.1, 0.15) is 5.54 Å². The van der Waals surface area contributed by atoms with E-state index in [2.05, 4.69) is 11.8 Å². The summed E-state index contributed by atoms with van der Waals surface area (Å²) in [7, 11) is 0. The molecule has 3 unspecified atom stereocenters. The van der Waals surface area contributed by atoms with Crippen LogP contribution in [0.15, 0.2) is 0 Å². The van der Waals surface area contributed by atoms with Gasteiger partial charge in [-0.3, -0.25) is 4.79 Å². The van der Waals surface area contributed by atoms with E-state index in [9.17, 15) is 4.79 Å². The van der Waals surface area contributed by atoms with E-state index in [0.29, 0.717) is 18.9 Å². The Morgan fingerprint density at radius 1 is 1.50 bits per heavy atom. The molecule has 3 N–H and O–H groups in total. The standard InChI is InChI=1S/C12H22N2O2/c1-9-3-2-6-14(8-9)10-4-5-12(13,7-10)11(15)16/h9-10H,2-8,13H2,1H3,(H,15,16). The molecule has 0 bridgehead atoms. The third-order valence-electron chi connectivity index (χ3n) is 4.15. The Morgan fingerprint density at radius 3 is 2.81 bits per heavy atom. The number of nitrogens with two attached hydrogens (primary N) is 1. The van der Waals surface area contributed by atoms with Crippen LogP contribution in [0.1, 0.15) is 39.0 Å². The fraction of sp³-hybridized carbons (Fsp3) is 0.917. The number of aliphatic carboxylic acids is 1. The van der Waals surface area contributed by atoms with Crippen LogP contribution in [-0.2, 0) is 4.79 Å². The molecular formula is C12H22N2O2. The largest absolute Gasteiger partial charge is 0.480 e. The Hall–Kier alpha value is -0.610. The van der Waals surface area contributed by atoms with E-state index < -0.39 is 11.5 Å². The molecule has 0 aromatic heterocycles. The van der Waals surface area contributed by atoms with Crippen LogP contribution in [0, 0.1) is 5.92 Å². The predicted molar refractivity (Wildman–Crippen MR) is 62.2 cm³/mol. The molecule has 0 spiro atoms. The summed E-state index contributed by atoms with van der Waals surface area (Å²) in [6.07, 6.45) is 4.72. The molecular weight excluding hydrogens is 204 g/mol. The van der Waals surface area contributed by atoms with E-state index in [1.165, 1.54) is 12.8 Å². The maximum Gasteiger partial charge on any atom is 0.323 e. The minimum Gasteiger partial charge on any atom is -0.480 e. The quantitative estimate of drug-likeness (QED) is 0.738. The lowest BCUT2D eigenvalue weighted by Crippen LogP contribution is -2.48. The first-order chi connectivity index (χ1) is 7.51. The number of hydrogen-bond donors (Lipinski definition) is 2. The highest BCUT2D eigenvalue weighted by Crippen LogP contribution is 2.33. The Labute approximate surface area is 96.8 Å². The summed E-state index contributed by atoms with van der Waals surface area (Å²) in [5.41, 5.74) is 4.94. The van der Waals surface area contributed by atoms with E-state index in [1.807, 2.05) is 0 Å². The van der Waals surface area contributed by atoms with Gasteiger partial charge in [0, 0.05) is 12.6 Å². The van der Waals surface area contributed by atoms with Gasteiger partial charge in [-0.1, -0.05) is 6.92 Å². The van der Waals surface area contributed by atoms with Crippen LogP contribution < -0.4 is 5.73 Å². The van der Waals surface area contributed by atoms with Gasteiger partial charge in [0.25, 0.3) is 0 Å². The van der Waals surface area contributed by atoms with Gasteiger partial charge in [-0.15, -0.1) is 0 Å². The highest BCUT2D eigenvalue weighted by Gasteiger charge is 2.44. The summed E-state index contributed by atoms with van der Waals surface area (Å²) in [5.74, 6) is -0.0913. The predicted octanol–water partition coefficient (Wildman–Crippen LogP) is 1.05. The highest BCUT2D eigenvalue weighted by molar-refractivity contribution is 5.79. The van der Waals surface area contributed by atoms with Crippen LogP contribution in [0.3, 0.4) is 0 Å². The minimum atomic E-state index is -0.967. The smallest absolute Gasteiger partial charge is 0.323 e. The number of hydrogen-bond acceptors (Lipinski definition) is 3. The number of rotatable bonds is 2. The number of carboxylic acid groups (broad SMARTS) is 1. The number of likely N-dealkylation sites (tertiary alicyclic amines) is 1. The Balaban J connectivity index is 1.95. The van der Waals surface area contributed by atoms with E-state index in [4.69, 9.17) is 10.8 Å². The van der Waals surface area contributed by atoms with Crippen molar-refractivity contribution in [1.29, 1.82) is 0 Å². The molecule has 1 aliphatic heterocycles. The number of nitrogens with zero attached hydrogens (tertiary/aromatic N) is 1. The summed E-state index contributed by atoms with van der Waals surface area (Å²) >= 11 is 0. The van der Waals surface area contributed by atoms with Gasteiger partial charge in [0.2, 0.25) is 0 Å². The second-order valence-electron chi connectivity index (χ2n) is 5.60. The lowest BCUT2D eigenvalue weighted by Gasteiger charge is -2.36. The Kier molecular flexibility index (Phi) is 3.22. The molecule has 1 aliphatic carbocycles. The molecule has 4 nitrogen and oxygen atoms in total. The second-order valence-corrected chi connectivity index (χ2v) is 5.60. The normalized spacial score (nSPS) is 41.1. The van der Waals surface area contributed by atoms with E-state index >= 15 is 0 Å². The first-order valence-corrected chi connectivity index (χ1v) is 6.27. The molecule has 1 saturated carbocycles. The van der Waals surface area contributed by atoms with Gasteiger partial charge < -0.3 is 15.7 Å². The zero-order valence-electron chi connectivity index (χ0n) is 9.98. The van der Waals surface area contributed by atoms with Crippen molar-refractivity contribution in [1.82, 2.24) is 4.90 Å². The van der Waals surface area contributed by atoms with Gasteiger partial charge >= 0.3 is 5.97 Å². The third-order valence-corrected chi connectivity index (χ3v) is 4.15. The van der Waals surface area contributed by atoms with Crippen LogP contribution in [0.5, 0.6) is 0 Å². The summed E-state index contributed by atoms with van der Waals surface area (Å²) < 4.78 is 0. The zero-order chi connectivity index (χ0) is 11.8. The van der Waals surface area contributed by atoms with Crippen LogP contribution >= 0.6 is 0 Å². The van der Waals surface area contributed by atoms with Gasteiger partial charge in [-0.25, -0.2) is 0 Å². The SMILES string of the molecule is CC1CCCN(C2CCC(N)(C(=O)O)C2)C1. The molecule has 2 rings (SSSR count). The lowest BCUT2D eigenvalue weighted by atomic mass is 9.96. The van der Waals surface area contributed by atoms with Crippen molar-refractivity contribution in [2.24, 2.45) is 11.7 Å². The average Bonchev–Trinajstić information content (AvgIpc) is 2.62. The van der Waals surface area contributed by atoms with E-state index in [-0.39, 0.29) is 0 Å². The van der Waals surface area contributed by atoms with Crippen molar-refractivity contribution >= 4 is 5.97 Å². The first-order valence-electron chi connectivity index (χ1n) is 6.27. The van der Waals surface area contributed by atoms with E-state index in [1.54, 1.807) is 0 Å². The van der Waals surface area contributed by atoms with Gasteiger partial charge in [0.15, 0.2) is 0 Å². The van der Waals surface area contributed by atoms with Crippen LogP contribution in [0.2, 0.25) is 0 Å². The van der Waals surface area contributed by atoms with Crippen molar-refractivity contribution < 1.29 is 9.90 Å². The second kappa shape index (κ2) is 4.34.